The van der Waals surface area contributed by atoms with E-state index in [4.69, 9.17) is 13.8 Å². The van der Waals surface area contributed by atoms with Gasteiger partial charge in [-0.2, -0.15) is 0 Å². The second-order valence-electron chi connectivity index (χ2n) is 18.7. The Balaban J connectivity index is 5.44. The van der Waals surface area contributed by atoms with Crippen LogP contribution in [0.1, 0.15) is 220 Å². The number of likely N-dealkylation sites (N-methyl/N-ethyl adjacent to an activating group) is 1. The predicted octanol–water partition coefficient (Wildman–Crippen LogP) is 14.5. The van der Waals surface area contributed by atoms with Crippen LogP contribution < -0.4 is 10.2 Å². The molecule has 0 aromatic heterocycles. The number of phosphoric ester groups is 1. The van der Waals surface area contributed by atoms with E-state index in [0.717, 1.165) is 103 Å². The summed E-state index contributed by atoms with van der Waals surface area (Å²) in [4.78, 5) is 39.6. The molecular weight excluding hydrogens is 820 g/mol. The van der Waals surface area contributed by atoms with Gasteiger partial charge in [0.15, 0.2) is 0 Å². The van der Waals surface area contributed by atoms with Crippen molar-refractivity contribution in [3.8, 4) is 0 Å². The van der Waals surface area contributed by atoms with Crippen LogP contribution in [-0.2, 0) is 27.9 Å². The average Bonchev–Trinajstić information content (AvgIpc) is 3.25. The zero-order chi connectivity index (χ0) is 47.3. The molecule has 0 radical (unpaired) electrons. The van der Waals surface area contributed by atoms with Crippen LogP contribution in [0.5, 0.6) is 0 Å². The summed E-state index contributed by atoms with van der Waals surface area (Å²) < 4.78 is 30.1. The van der Waals surface area contributed by atoms with Crippen molar-refractivity contribution < 1.29 is 37.3 Å². The largest absolute Gasteiger partial charge is 0.756 e. The van der Waals surface area contributed by atoms with Gasteiger partial charge in [-0.3, -0.25) is 14.2 Å². The van der Waals surface area contributed by atoms with Gasteiger partial charge in [-0.1, -0.05) is 197 Å². The number of carbonyl (C=O) groups excluding carboxylic acids is 2. The third kappa shape index (κ3) is 44.9. The zero-order valence-electron chi connectivity index (χ0n) is 42.2. The molecule has 0 fully saturated rings. The monoisotopic (exact) mass is 919 g/mol. The number of hydrogen-bond donors (Lipinski definition) is 1. The predicted molar refractivity (Wildman–Crippen MR) is 270 cm³/mol. The highest BCUT2D eigenvalue weighted by Gasteiger charge is 2.27. The molecule has 0 aliphatic carbocycles. The maximum Gasteiger partial charge on any atom is 0.306 e. The normalized spacial score (nSPS) is 14.4. The summed E-state index contributed by atoms with van der Waals surface area (Å²) >= 11 is 0. The fourth-order valence-corrected chi connectivity index (χ4v) is 7.87. The summed E-state index contributed by atoms with van der Waals surface area (Å²) in [5, 5.41) is 3.00. The minimum absolute atomic E-state index is 0.0278. The summed E-state index contributed by atoms with van der Waals surface area (Å²) in [7, 11) is 1.16. The first-order valence-electron chi connectivity index (χ1n) is 26.1. The highest BCUT2D eigenvalue weighted by Crippen LogP contribution is 2.38. The molecule has 372 valence electrons. The van der Waals surface area contributed by atoms with Gasteiger partial charge in [-0.15, -0.1) is 0 Å². The first kappa shape index (κ1) is 61.7. The lowest BCUT2D eigenvalue weighted by Crippen LogP contribution is -2.47. The van der Waals surface area contributed by atoms with Crippen LogP contribution in [0.4, 0.5) is 0 Å². The molecule has 3 atom stereocenters. The van der Waals surface area contributed by atoms with Crippen LogP contribution >= 0.6 is 7.82 Å². The average molecular weight is 919 g/mol. The Kier molecular flexibility index (Phi) is 42.9. The molecule has 3 unspecified atom stereocenters. The van der Waals surface area contributed by atoms with E-state index in [0.29, 0.717) is 17.4 Å². The Hall–Kier alpha value is -2.29. The molecule has 10 heteroatoms. The summed E-state index contributed by atoms with van der Waals surface area (Å²) in [5.41, 5.74) is 0. The number of quaternary nitrogens is 1. The minimum atomic E-state index is -4.69. The van der Waals surface area contributed by atoms with Gasteiger partial charge in [0, 0.05) is 12.8 Å². The molecular formula is C54H99N2O7P. The number of phosphoric acid groups is 1. The number of ether oxygens (including phenoxy) is 1. The molecule has 0 heterocycles. The fraction of sp³-hybridized carbons (Fsp3) is 0.778. The highest BCUT2D eigenvalue weighted by molar-refractivity contribution is 7.45. The van der Waals surface area contributed by atoms with Crippen LogP contribution in [0.3, 0.4) is 0 Å². The first-order chi connectivity index (χ1) is 30.9. The molecule has 0 rings (SSSR count). The summed E-state index contributed by atoms with van der Waals surface area (Å²) in [6.07, 6.45) is 53.2. The Morgan fingerprint density at radius 2 is 1.03 bits per heavy atom. The molecule has 0 saturated heterocycles. The molecule has 0 aromatic carbocycles. The summed E-state index contributed by atoms with van der Waals surface area (Å²) in [6, 6.07) is -0.896. The van der Waals surface area contributed by atoms with Crippen LogP contribution in [0.2, 0.25) is 0 Å². The van der Waals surface area contributed by atoms with E-state index in [2.05, 4.69) is 74.7 Å². The molecule has 1 amide bonds. The fourth-order valence-electron chi connectivity index (χ4n) is 7.15. The van der Waals surface area contributed by atoms with Crippen molar-refractivity contribution in [1.82, 2.24) is 5.32 Å². The van der Waals surface area contributed by atoms with Gasteiger partial charge in [-0.05, 0) is 70.3 Å². The van der Waals surface area contributed by atoms with Crippen molar-refractivity contribution in [1.29, 1.82) is 0 Å². The van der Waals surface area contributed by atoms with Crippen LogP contribution in [0.15, 0.2) is 60.8 Å². The van der Waals surface area contributed by atoms with Crippen molar-refractivity contribution in [2.75, 3.05) is 40.9 Å². The van der Waals surface area contributed by atoms with Gasteiger partial charge in [0.05, 0.1) is 33.8 Å². The second-order valence-corrected chi connectivity index (χ2v) is 20.1. The van der Waals surface area contributed by atoms with Gasteiger partial charge in [0.2, 0.25) is 5.91 Å². The quantitative estimate of drug-likeness (QED) is 0.0161. The zero-order valence-corrected chi connectivity index (χ0v) is 43.1. The van der Waals surface area contributed by atoms with E-state index in [1.807, 2.05) is 33.3 Å². The summed E-state index contributed by atoms with van der Waals surface area (Å²) in [5.74, 6) is -0.570. The number of hydrogen-bond acceptors (Lipinski definition) is 7. The summed E-state index contributed by atoms with van der Waals surface area (Å²) in [6.45, 7) is 6.64. The van der Waals surface area contributed by atoms with Crippen LogP contribution in [0, 0.1) is 0 Å². The second kappa shape index (κ2) is 44.5. The molecule has 0 aromatic rings. The standard InChI is InChI=1S/C54H99N2O7P/c1-7-10-13-16-19-22-25-27-28-29-32-34-37-40-43-46-53(57)55-51(50-62-64(59,60)61-49-48-56(4,5)6)52(45-42-39-36-33-31-26-23-20-17-14-11-8-2)63-54(58)47-44-41-38-35-30-24-21-18-15-12-9-3/h10,13,16,18-19,21-22,25,42,45,51-52H,7-9,11-12,14-15,17,20,23-24,26-41,43-44,46-50H2,1-6H3,(H-,55,57,59,60)/b13-10+,19-16+,21-18-,25-22+,45-42-. The molecule has 0 saturated carbocycles. The number of allylic oxidation sites excluding steroid dienone is 9. The Labute approximate surface area is 394 Å². The van der Waals surface area contributed by atoms with Crippen molar-refractivity contribution in [3.05, 3.63) is 60.8 Å². The van der Waals surface area contributed by atoms with Gasteiger partial charge in [0.25, 0.3) is 7.82 Å². The van der Waals surface area contributed by atoms with E-state index in [1.54, 1.807) is 0 Å². The Morgan fingerprint density at radius 1 is 0.562 bits per heavy atom. The molecule has 0 aliphatic heterocycles. The lowest BCUT2D eigenvalue weighted by molar-refractivity contribution is -0.870. The molecule has 1 N–H and O–H groups in total. The van der Waals surface area contributed by atoms with Crippen LogP contribution in [0.25, 0.3) is 0 Å². The number of esters is 1. The number of rotatable bonds is 46. The van der Waals surface area contributed by atoms with E-state index < -0.39 is 26.6 Å². The van der Waals surface area contributed by atoms with Crippen LogP contribution in [-0.4, -0.2) is 69.4 Å². The smallest absolute Gasteiger partial charge is 0.306 e. The van der Waals surface area contributed by atoms with E-state index in [1.165, 1.54) is 83.5 Å². The van der Waals surface area contributed by atoms with Crippen molar-refractivity contribution in [2.24, 2.45) is 0 Å². The third-order valence-electron chi connectivity index (χ3n) is 11.2. The number of unbranched alkanes of at least 4 members (excludes halogenated alkanes) is 24. The first-order valence-corrected chi connectivity index (χ1v) is 27.6. The van der Waals surface area contributed by atoms with Gasteiger partial charge < -0.3 is 28.5 Å². The van der Waals surface area contributed by atoms with E-state index in [9.17, 15) is 19.0 Å². The lowest BCUT2D eigenvalue weighted by atomic mass is 10.0. The maximum absolute atomic E-state index is 13.4. The number of carbonyl (C=O) groups is 2. The minimum Gasteiger partial charge on any atom is -0.756 e. The SMILES string of the molecule is CC/C=C/C=C/C=C/CCCCCCCCCC(=O)NC(COP(=O)([O-])OCC[N+](C)(C)C)C(/C=C\CCCCCCCCCCCC)OC(=O)CCCCCCC/C=C\CCCC. The topological polar surface area (TPSA) is 114 Å². The van der Waals surface area contributed by atoms with Crippen molar-refractivity contribution in [2.45, 2.75) is 232 Å². The van der Waals surface area contributed by atoms with E-state index in [-0.39, 0.29) is 24.9 Å². The Morgan fingerprint density at radius 3 is 1.58 bits per heavy atom. The molecule has 0 spiro atoms. The highest BCUT2D eigenvalue weighted by atomic mass is 31.2. The molecule has 9 nitrogen and oxygen atoms in total. The number of nitrogens with one attached hydrogen (secondary N) is 1. The maximum atomic E-state index is 13.4. The lowest BCUT2D eigenvalue weighted by Gasteiger charge is -2.30. The van der Waals surface area contributed by atoms with Crippen molar-refractivity contribution in [3.63, 3.8) is 0 Å². The van der Waals surface area contributed by atoms with Crippen molar-refractivity contribution >= 4 is 19.7 Å². The molecule has 0 aliphatic rings. The van der Waals surface area contributed by atoms with E-state index >= 15 is 0 Å². The molecule has 0 bridgehead atoms. The third-order valence-corrected chi connectivity index (χ3v) is 12.2. The van der Waals surface area contributed by atoms with Gasteiger partial charge in [0.1, 0.15) is 19.3 Å². The Bertz CT molecular complexity index is 1290. The van der Waals surface area contributed by atoms with Gasteiger partial charge in [-0.25, -0.2) is 0 Å². The van der Waals surface area contributed by atoms with Gasteiger partial charge >= 0.3 is 5.97 Å². The molecule has 64 heavy (non-hydrogen) atoms. The number of amides is 1. The number of nitrogens with zero attached hydrogens (tertiary/aromatic N) is 1.